The Morgan fingerprint density at radius 1 is 0.931 bits per heavy atom. The van der Waals surface area contributed by atoms with Crippen molar-refractivity contribution in [2.45, 2.75) is 6.42 Å². The second kappa shape index (κ2) is 7.54. The summed E-state index contributed by atoms with van der Waals surface area (Å²) in [6.07, 6.45) is 0.619. The number of hydrogen-bond donors (Lipinski definition) is 2. The fraction of sp³-hybridized carbons (Fsp3) is 0.125. The first-order chi connectivity index (χ1) is 14.0. The number of carbonyl (C=O) groups excluding carboxylic acids is 1. The van der Waals surface area contributed by atoms with Gasteiger partial charge in [0.2, 0.25) is 5.91 Å². The van der Waals surface area contributed by atoms with Gasteiger partial charge in [-0.05, 0) is 29.3 Å². The van der Waals surface area contributed by atoms with Gasteiger partial charge in [0.05, 0.1) is 12.6 Å². The van der Waals surface area contributed by atoms with Crippen LogP contribution in [0.5, 0.6) is 5.75 Å². The third-order valence-corrected chi connectivity index (χ3v) is 5.33. The van der Waals surface area contributed by atoms with Crippen molar-refractivity contribution >= 4 is 17.2 Å². The maximum absolute atomic E-state index is 11.5. The van der Waals surface area contributed by atoms with Crippen LogP contribution in [-0.4, -0.2) is 24.8 Å². The number of fused-ring (bicyclic) bond motifs is 1. The number of nitrogens with two attached hydrogens (primary N) is 1. The van der Waals surface area contributed by atoms with Crippen LogP contribution in [0.15, 0.2) is 84.7 Å². The van der Waals surface area contributed by atoms with E-state index in [0.717, 1.165) is 28.1 Å². The van der Waals surface area contributed by atoms with Crippen molar-refractivity contribution in [3.63, 3.8) is 0 Å². The molecular formula is C24H23N2O3+. The summed E-state index contributed by atoms with van der Waals surface area (Å²) in [5.74, 6) is 0.942. The van der Waals surface area contributed by atoms with Crippen molar-refractivity contribution in [3.05, 3.63) is 101 Å². The van der Waals surface area contributed by atoms with Crippen molar-refractivity contribution in [3.8, 4) is 5.75 Å². The number of allylic oxidation sites excluding steroid dienone is 1. The molecule has 3 N–H and O–H groups in total. The minimum atomic E-state index is -0.464. The normalized spacial score (nSPS) is 19.4. The van der Waals surface area contributed by atoms with Gasteiger partial charge in [-0.3, -0.25) is 4.79 Å². The van der Waals surface area contributed by atoms with Gasteiger partial charge in [-0.2, -0.15) is 0 Å². The molecule has 0 aromatic heterocycles. The minimum Gasteiger partial charge on any atom is -0.406 e. The molecule has 146 valence electrons. The molecule has 1 unspecified atom stereocenters. The number of quaternary nitrogens is 1. The lowest BCUT2D eigenvalue weighted by atomic mass is 9.97. The summed E-state index contributed by atoms with van der Waals surface area (Å²) in [6, 6.07) is 25.0. The van der Waals surface area contributed by atoms with Crippen molar-refractivity contribution in [2.75, 3.05) is 13.8 Å². The Kier molecular flexibility index (Phi) is 4.92. The van der Waals surface area contributed by atoms with Gasteiger partial charge >= 0.3 is 5.88 Å². The Hall–Kier alpha value is -3.41. The van der Waals surface area contributed by atoms with Gasteiger partial charge in [-0.15, -0.1) is 0 Å². The lowest BCUT2D eigenvalue weighted by Gasteiger charge is -2.27. The van der Waals surface area contributed by atoms with Gasteiger partial charge in [-0.1, -0.05) is 54.6 Å². The Labute approximate surface area is 169 Å². The van der Waals surface area contributed by atoms with Crippen LogP contribution >= 0.6 is 0 Å². The maximum atomic E-state index is 11.5. The zero-order chi connectivity index (χ0) is 20.4. The molecule has 0 aliphatic carbocycles. The van der Waals surface area contributed by atoms with Gasteiger partial charge in [0.15, 0.2) is 18.2 Å². The molecule has 4 rings (SSSR count). The van der Waals surface area contributed by atoms with Crippen LogP contribution in [0, 0.1) is 0 Å². The fourth-order valence-corrected chi connectivity index (χ4v) is 3.70. The molecule has 29 heavy (non-hydrogen) atoms. The number of hydrogen-bond acceptors (Lipinski definition) is 3. The van der Waals surface area contributed by atoms with Gasteiger partial charge in [-0.25, -0.2) is 4.48 Å². The van der Waals surface area contributed by atoms with Gasteiger partial charge in [0.1, 0.15) is 0 Å². The molecule has 3 aromatic carbocycles. The highest BCUT2D eigenvalue weighted by molar-refractivity contribution is 5.93. The van der Waals surface area contributed by atoms with Crippen LogP contribution in [0.3, 0.4) is 0 Å². The average molecular weight is 387 g/mol. The summed E-state index contributed by atoms with van der Waals surface area (Å²) < 4.78 is 6.43. The molecule has 1 atom stereocenters. The topological polar surface area (TPSA) is 72.5 Å². The summed E-state index contributed by atoms with van der Waals surface area (Å²) in [4.78, 5) is 11.5. The standard InChI is InChI=1S/C24H22N2O3/c1-26(16-27)21-9-5-6-10-22(21)29-24(26)20(15-17-7-3-2-4-8-17)18-11-13-19(14-12-18)23(25)28/h2-14,27H,15-16H2,1H3,(H-,25,28)/p+1. The van der Waals surface area contributed by atoms with E-state index in [1.54, 1.807) is 12.1 Å². The van der Waals surface area contributed by atoms with Gasteiger partial charge in [0, 0.05) is 18.1 Å². The third-order valence-electron chi connectivity index (χ3n) is 5.33. The largest absolute Gasteiger partial charge is 0.406 e. The van der Waals surface area contributed by atoms with Crippen molar-refractivity contribution in [1.29, 1.82) is 0 Å². The Balaban J connectivity index is 1.89. The Morgan fingerprint density at radius 2 is 1.55 bits per heavy atom. The van der Waals surface area contributed by atoms with Crippen molar-refractivity contribution in [2.24, 2.45) is 5.73 Å². The Morgan fingerprint density at radius 3 is 2.21 bits per heavy atom. The highest BCUT2D eigenvalue weighted by Crippen LogP contribution is 2.46. The number of rotatable bonds is 5. The predicted octanol–water partition coefficient (Wildman–Crippen LogP) is 3.68. The number of para-hydroxylation sites is 2. The molecule has 1 amide bonds. The van der Waals surface area contributed by atoms with E-state index in [2.05, 4.69) is 12.1 Å². The summed E-state index contributed by atoms with van der Waals surface area (Å²) in [5, 5.41) is 10.3. The van der Waals surface area contributed by atoms with E-state index < -0.39 is 5.91 Å². The number of aliphatic hydroxyl groups is 1. The first kappa shape index (κ1) is 18.9. The van der Waals surface area contributed by atoms with E-state index in [1.807, 2.05) is 61.6 Å². The van der Waals surface area contributed by atoms with Crippen molar-refractivity contribution in [1.82, 2.24) is 4.48 Å². The van der Waals surface area contributed by atoms with Crippen LogP contribution in [0.25, 0.3) is 5.57 Å². The van der Waals surface area contributed by atoms with E-state index in [-0.39, 0.29) is 11.2 Å². The molecule has 0 fully saturated rings. The smallest absolute Gasteiger partial charge is 0.308 e. The lowest BCUT2D eigenvalue weighted by Crippen LogP contribution is -2.43. The molecule has 5 nitrogen and oxygen atoms in total. The zero-order valence-electron chi connectivity index (χ0n) is 16.2. The molecular weight excluding hydrogens is 364 g/mol. The SMILES string of the molecule is C[N+]1(CO)C(=C(Cc2ccccc2)c2ccc(C(N)=O)cc2)Oc2ccccc21. The summed E-state index contributed by atoms with van der Waals surface area (Å²) in [5.41, 5.74) is 9.74. The molecule has 0 spiro atoms. The molecule has 1 aliphatic rings. The maximum Gasteiger partial charge on any atom is 0.308 e. The molecule has 0 saturated heterocycles. The number of amides is 1. The number of aliphatic hydroxyl groups excluding tert-OH is 1. The number of primary amides is 1. The molecule has 3 aromatic rings. The molecule has 0 saturated carbocycles. The molecule has 5 heteroatoms. The fourth-order valence-electron chi connectivity index (χ4n) is 3.70. The van der Waals surface area contributed by atoms with E-state index in [1.165, 1.54) is 0 Å². The quantitative estimate of drug-likeness (QED) is 0.656. The van der Waals surface area contributed by atoms with Crippen molar-refractivity contribution < 1.29 is 14.6 Å². The predicted molar refractivity (Wildman–Crippen MR) is 114 cm³/mol. The summed E-state index contributed by atoms with van der Waals surface area (Å²) >= 11 is 0. The van der Waals surface area contributed by atoms with Gasteiger partial charge < -0.3 is 15.6 Å². The molecule has 1 aliphatic heterocycles. The number of nitrogens with zero attached hydrogens (tertiary/aromatic N) is 1. The van der Waals surface area contributed by atoms with Crippen LogP contribution in [0.4, 0.5) is 5.69 Å². The lowest BCUT2D eigenvalue weighted by molar-refractivity contribution is 0.100. The highest BCUT2D eigenvalue weighted by atomic mass is 16.5. The van der Waals surface area contributed by atoms with Crippen LogP contribution < -0.4 is 15.0 Å². The zero-order valence-corrected chi connectivity index (χ0v) is 16.2. The second-order valence-electron chi connectivity index (χ2n) is 7.29. The van der Waals surface area contributed by atoms with Crippen LogP contribution in [0.1, 0.15) is 21.5 Å². The Bertz CT molecular complexity index is 1070. The monoisotopic (exact) mass is 387 g/mol. The number of carbonyl (C=O) groups is 1. The van der Waals surface area contributed by atoms with E-state index in [0.29, 0.717) is 17.9 Å². The van der Waals surface area contributed by atoms with E-state index in [4.69, 9.17) is 10.5 Å². The number of ether oxygens (including phenoxy) is 1. The highest BCUT2D eigenvalue weighted by Gasteiger charge is 2.44. The second-order valence-corrected chi connectivity index (χ2v) is 7.29. The number of benzene rings is 3. The first-order valence-electron chi connectivity index (χ1n) is 9.44. The average Bonchev–Trinajstić information content (AvgIpc) is 3.06. The first-order valence-corrected chi connectivity index (χ1v) is 9.44. The third kappa shape index (κ3) is 3.42. The minimum absolute atomic E-state index is 0.135. The molecule has 1 heterocycles. The summed E-state index contributed by atoms with van der Waals surface area (Å²) in [7, 11) is 1.93. The van der Waals surface area contributed by atoms with Crippen LogP contribution in [-0.2, 0) is 6.42 Å². The van der Waals surface area contributed by atoms with E-state index in [9.17, 15) is 9.90 Å². The molecule has 0 bridgehead atoms. The molecule has 0 radical (unpaired) electrons. The van der Waals surface area contributed by atoms with Crippen LogP contribution in [0.2, 0.25) is 0 Å². The van der Waals surface area contributed by atoms with Gasteiger partial charge in [0.25, 0.3) is 0 Å². The summed E-state index contributed by atoms with van der Waals surface area (Å²) in [6.45, 7) is -0.135. The van der Waals surface area contributed by atoms with E-state index >= 15 is 0 Å².